The normalized spacial score (nSPS) is 15.5. The molecule has 3 aromatic rings. The van der Waals surface area contributed by atoms with Gasteiger partial charge in [-0.1, -0.05) is 29.8 Å². The minimum atomic E-state index is -0.218. The van der Waals surface area contributed by atoms with Crippen LogP contribution >= 0.6 is 22.9 Å². The second-order valence-electron chi connectivity index (χ2n) is 6.07. The van der Waals surface area contributed by atoms with E-state index in [1.807, 2.05) is 42.5 Å². The van der Waals surface area contributed by atoms with Gasteiger partial charge in [0.05, 0.1) is 5.02 Å². The average Bonchev–Trinajstić information content (AvgIpc) is 3.07. The third kappa shape index (κ3) is 3.62. The summed E-state index contributed by atoms with van der Waals surface area (Å²) in [6.07, 6.45) is 3.23. The first-order chi connectivity index (χ1) is 12.2. The standard InChI is InChI=1S/C19H17ClN2O2S/c20-14-5-6-18(21-12-14)22-9-7-15(8-10-22)24-19(23)17-11-13-3-1-2-4-16(13)25-17/h1-6,11-12,15H,7-10H2. The van der Waals surface area contributed by atoms with Crippen LogP contribution in [0.5, 0.6) is 0 Å². The Morgan fingerprint density at radius 3 is 2.72 bits per heavy atom. The number of halogens is 1. The van der Waals surface area contributed by atoms with Crippen molar-refractivity contribution in [2.45, 2.75) is 18.9 Å². The highest BCUT2D eigenvalue weighted by atomic mass is 35.5. The fourth-order valence-electron chi connectivity index (χ4n) is 3.05. The molecule has 1 fully saturated rings. The number of carbonyl (C=O) groups is 1. The van der Waals surface area contributed by atoms with Crippen molar-refractivity contribution in [3.63, 3.8) is 0 Å². The van der Waals surface area contributed by atoms with Crippen LogP contribution in [0.25, 0.3) is 10.1 Å². The second-order valence-corrected chi connectivity index (χ2v) is 7.60. The van der Waals surface area contributed by atoms with Crippen LogP contribution in [0.15, 0.2) is 48.7 Å². The first-order valence-corrected chi connectivity index (χ1v) is 9.44. The van der Waals surface area contributed by atoms with E-state index in [2.05, 4.69) is 9.88 Å². The van der Waals surface area contributed by atoms with Gasteiger partial charge >= 0.3 is 5.97 Å². The Balaban J connectivity index is 1.36. The summed E-state index contributed by atoms with van der Waals surface area (Å²) in [4.78, 5) is 19.6. The molecule has 1 aliphatic heterocycles. The fraction of sp³-hybridized carbons (Fsp3) is 0.263. The van der Waals surface area contributed by atoms with Crippen molar-refractivity contribution >= 4 is 44.8 Å². The van der Waals surface area contributed by atoms with E-state index < -0.39 is 0 Å². The number of rotatable bonds is 3. The molecule has 0 N–H and O–H groups in total. The summed E-state index contributed by atoms with van der Waals surface area (Å²) in [5.41, 5.74) is 0. The van der Waals surface area contributed by atoms with Gasteiger partial charge in [-0.05, 0) is 29.7 Å². The number of pyridine rings is 1. The molecule has 3 heterocycles. The first kappa shape index (κ1) is 16.4. The lowest BCUT2D eigenvalue weighted by Gasteiger charge is -2.32. The fourth-order valence-corrected chi connectivity index (χ4v) is 4.11. The van der Waals surface area contributed by atoms with Crippen LogP contribution in [0.3, 0.4) is 0 Å². The highest BCUT2D eigenvalue weighted by Gasteiger charge is 2.24. The van der Waals surface area contributed by atoms with E-state index in [-0.39, 0.29) is 12.1 Å². The van der Waals surface area contributed by atoms with E-state index in [0.29, 0.717) is 9.90 Å². The summed E-state index contributed by atoms with van der Waals surface area (Å²) in [6.45, 7) is 1.64. The van der Waals surface area contributed by atoms with E-state index in [4.69, 9.17) is 16.3 Å². The third-order valence-electron chi connectivity index (χ3n) is 4.38. The Hall–Kier alpha value is -2.11. The molecule has 0 bridgehead atoms. The smallest absolute Gasteiger partial charge is 0.348 e. The Labute approximate surface area is 155 Å². The van der Waals surface area contributed by atoms with E-state index in [9.17, 15) is 4.79 Å². The van der Waals surface area contributed by atoms with E-state index in [0.717, 1.165) is 41.8 Å². The molecule has 0 atom stereocenters. The number of nitrogens with zero attached hydrogens (tertiary/aromatic N) is 2. The van der Waals surface area contributed by atoms with Gasteiger partial charge in [0.2, 0.25) is 0 Å². The van der Waals surface area contributed by atoms with Crippen LogP contribution in [0.2, 0.25) is 5.02 Å². The number of hydrogen-bond donors (Lipinski definition) is 0. The molecular formula is C19H17ClN2O2S. The molecule has 0 unspecified atom stereocenters. The number of aromatic nitrogens is 1. The number of esters is 1. The van der Waals surface area contributed by atoms with Crippen molar-refractivity contribution in [1.82, 2.24) is 4.98 Å². The largest absolute Gasteiger partial charge is 0.458 e. The van der Waals surface area contributed by atoms with Crippen LogP contribution in [0.1, 0.15) is 22.5 Å². The van der Waals surface area contributed by atoms with Gasteiger partial charge in [0, 0.05) is 36.8 Å². The molecule has 0 saturated carbocycles. The van der Waals surface area contributed by atoms with Gasteiger partial charge in [-0.15, -0.1) is 11.3 Å². The van der Waals surface area contributed by atoms with Crippen LogP contribution in [-0.2, 0) is 4.74 Å². The minimum absolute atomic E-state index is 0.0405. The molecule has 4 nitrogen and oxygen atoms in total. The van der Waals surface area contributed by atoms with Crippen LogP contribution in [-0.4, -0.2) is 30.1 Å². The first-order valence-electron chi connectivity index (χ1n) is 8.25. The second kappa shape index (κ2) is 7.02. The zero-order valence-electron chi connectivity index (χ0n) is 13.5. The predicted octanol–water partition coefficient (Wildman–Crippen LogP) is 4.78. The molecule has 1 saturated heterocycles. The van der Waals surface area contributed by atoms with Gasteiger partial charge in [-0.2, -0.15) is 0 Å². The van der Waals surface area contributed by atoms with Crippen molar-refractivity contribution in [3.8, 4) is 0 Å². The van der Waals surface area contributed by atoms with E-state index in [1.165, 1.54) is 11.3 Å². The number of thiophene rings is 1. The number of ether oxygens (including phenoxy) is 1. The zero-order valence-corrected chi connectivity index (χ0v) is 15.1. The Kier molecular flexibility index (Phi) is 4.59. The number of benzene rings is 1. The maximum Gasteiger partial charge on any atom is 0.348 e. The van der Waals surface area contributed by atoms with Crippen LogP contribution < -0.4 is 4.90 Å². The van der Waals surface area contributed by atoms with Gasteiger partial charge in [-0.3, -0.25) is 0 Å². The number of piperidine rings is 1. The molecule has 4 rings (SSSR count). The van der Waals surface area contributed by atoms with Gasteiger partial charge in [0.15, 0.2) is 0 Å². The number of fused-ring (bicyclic) bond motifs is 1. The van der Waals surface area contributed by atoms with Gasteiger partial charge < -0.3 is 9.64 Å². The Morgan fingerprint density at radius 2 is 2.00 bits per heavy atom. The molecule has 0 radical (unpaired) electrons. The van der Waals surface area contributed by atoms with E-state index in [1.54, 1.807) is 6.20 Å². The van der Waals surface area contributed by atoms with Crippen molar-refractivity contribution in [2.24, 2.45) is 0 Å². The van der Waals surface area contributed by atoms with E-state index >= 15 is 0 Å². The third-order valence-corrected chi connectivity index (χ3v) is 5.70. The molecule has 0 spiro atoms. The van der Waals surface area contributed by atoms with Gasteiger partial charge in [0.25, 0.3) is 0 Å². The quantitative estimate of drug-likeness (QED) is 0.621. The molecule has 0 aliphatic carbocycles. The highest BCUT2D eigenvalue weighted by Crippen LogP contribution is 2.27. The van der Waals surface area contributed by atoms with Crippen molar-refractivity contribution in [3.05, 3.63) is 58.6 Å². The van der Waals surface area contributed by atoms with Gasteiger partial charge in [0.1, 0.15) is 16.8 Å². The van der Waals surface area contributed by atoms with Crippen LogP contribution in [0.4, 0.5) is 5.82 Å². The van der Waals surface area contributed by atoms with Crippen molar-refractivity contribution in [2.75, 3.05) is 18.0 Å². The number of hydrogen-bond acceptors (Lipinski definition) is 5. The molecule has 128 valence electrons. The molecule has 1 aliphatic rings. The Bertz CT molecular complexity index is 853. The maximum absolute atomic E-state index is 12.4. The maximum atomic E-state index is 12.4. The predicted molar refractivity (Wildman–Crippen MR) is 102 cm³/mol. The lowest BCUT2D eigenvalue weighted by atomic mass is 10.1. The Morgan fingerprint density at radius 1 is 1.20 bits per heavy atom. The minimum Gasteiger partial charge on any atom is -0.458 e. The monoisotopic (exact) mass is 372 g/mol. The molecule has 1 aromatic carbocycles. The highest BCUT2D eigenvalue weighted by molar-refractivity contribution is 7.20. The summed E-state index contributed by atoms with van der Waals surface area (Å²) in [5, 5.41) is 1.72. The summed E-state index contributed by atoms with van der Waals surface area (Å²) in [7, 11) is 0. The summed E-state index contributed by atoms with van der Waals surface area (Å²) in [5.74, 6) is 0.697. The number of carbonyl (C=O) groups excluding carboxylic acids is 1. The molecule has 6 heteroatoms. The number of anilines is 1. The van der Waals surface area contributed by atoms with Gasteiger partial charge in [-0.25, -0.2) is 9.78 Å². The topological polar surface area (TPSA) is 42.4 Å². The lowest BCUT2D eigenvalue weighted by Crippen LogP contribution is -2.38. The molecule has 25 heavy (non-hydrogen) atoms. The summed E-state index contributed by atoms with van der Waals surface area (Å²) in [6, 6.07) is 13.7. The van der Waals surface area contributed by atoms with Crippen molar-refractivity contribution < 1.29 is 9.53 Å². The summed E-state index contributed by atoms with van der Waals surface area (Å²) >= 11 is 7.37. The summed E-state index contributed by atoms with van der Waals surface area (Å²) < 4.78 is 6.82. The molecule has 0 amide bonds. The lowest BCUT2D eigenvalue weighted by molar-refractivity contribution is 0.0250. The van der Waals surface area contributed by atoms with Crippen LogP contribution in [0, 0.1) is 0 Å². The zero-order chi connectivity index (χ0) is 17.2. The SMILES string of the molecule is O=C(OC1CCN(c2ccc(Cl)cn2)CC1)c1cc2ccccc2s1. The molecule has 2 aromatic heterocycles. The average molecular weight is 373 g/mol. The van der Waals surface area contributed by atoms with Crippen molar-refractivity contribution in [1.29, 1.82) is 0 Å². The molecular weight excluding hydrogens is 356 g/mol.